The average Bonchev–Trinajstić information content (AvgIpc) is 2.82. The van der Waals surface area contributed by atoms with Crippen molar-refractivity contribution in [3.63, 3.8) is 0 Å². The van der Waals surface area contributed by atoms with Gasteiger partial charge in [0.15, 0.2) is 0 Å². The molecule has 2 rings (SSSR count). The highest BCUT2D eigenvalue weighted by atomic mass is 79.9. The van der Waals surface area contributed by atoms with E-state index in [2.05, 4.69) is 15.9 Å². The molecular formula is C14H15BrF3NO2. The van der Waals surface area contributed by atoms with Gasteiger partial charge in [0.2, 0.25) is 0 Å². The summed E-state index contributed by atoms with van der Waals surface area (Å²) in [6.45, 7) is 2.00. The van der Waals surface area contributed by atoms with Crippen LogP contribution in [0.4, 0.5) is 18.9 Å². The number of aliphatic carboxylic acids is 1. The first kappa shape index (κ1) is 16.1. The van der Waals surface area contributed by atoms with Gasteiger partial charge in [0.05, 0.1) is 5.56 Å². The van der Waals surface area contributed by atoms with Crippen LogP contribution in [0.15, 0.2) is 22.7 Å². The van der Waals surface area contributed by atoms with Crippen LogP contribution in [0.1, 0.15) is 31.7 Å². The largest absolute Gasteiger partial charge is 0.479 e. The fourth-order valence-corrected chi connectivity index (χ4v) is 3.30. The zero-order chi connectivity index (χ0) is 15.8. The summed E-state index contributed by atoms with van der Waals surface area (Å²) in [4.78, 5) is 13.0. The molecule has 1 aliphatic rings. The van der Waals surface area contributed by atoms with Gasteiger partial charge in [0.1, 0.15) is 5.54 Å². The normalized spacial score (nSPS) is 22.6. The van der Waals surface area contributed by atoms with Gasteiger partial charge in [0, 0.05) is 16.7 Å². The van der Waals surface area contributed by atoms with E-state index in [1.165, 1.54) is 17.0 Å². The Morgan fingerprint density at radius 3 is 2.67 bits per heavy atom. The van der Waals surface area contributed by atoms with Crippen LogP contribution >= 0.6 is 15.9 Å². The Morgan fingerprint density at radius 1 is 1.48 bits per heavy atom. The fourth-order valence-electron chi connectivity index (χ4n) is 2.94. The Balaban J connectivity index is 2.58. The highest BCUT2D eigenvalue weighted by Crippen LogP contribution is 2.44. The molecule has 1 aliphatic heterocycles. The maximum absolute atomic E-state index is 13.2. The van der Waals surface area contributed by atoms with Crippen LogP contribution < -0.4 is 4.90 Å². The molecule has 0 saturated carbocycles. The predicted octanol–water partition coefficient (Wildman–Crippen LogP) is 4.30. The smallest absolute Gasteiger partial charge is 0.418 e. The number of alkyl halides is 3. The average molecular weight is 366 g/mol. The van der Waals surface area contributed by atoms with Crippen molar-refractivity contribution < 1.29 is 23.1 Å². The van der Waals surface area contributed by atoms with Gasteiger partial charge >= 0.3 is 12.1 Å². The lowest BCUT2D eigenvalue weighted by Crippen LogP contribution is -2.50. The Morgan fingerprint density at radius 2 is 2.14 bits per heavy atom. The number of carboxylic acids is 1. The van der Waals surface area contributed by atoms with E-state index in [9.17, 15) is 23.1 Å². The van der Waals surface area contributed by atoms with Crippen LogP contribution in [0, 0.1) is 0 Å². The molecular weight excluding hydrogens is 351 g/mol. The SMILES string of the molecule is CCC1(C(=O)O)CCCN1c1ccc(Br)cc1C(F)(F)F. The lowest BCUT2D eigenvalue weighted by Gasteiger charge is -2.37. The second-order valence-corrected chi connectivity index (χ2v) is 6.02. The predicted molar refractivity (Wildman–Crippen MR) is 76.4 cm³/mol. The number of rotatable bonds is 3. The van der Waals surface area contributed by atoms with Gasteiger partial charge in [-0.15, -0.1) is 0 Å². The molecule has 0 radical (unpaired) electrons. The number of nitrogens with zero attached hydrogens (tertiary/aromatic N) is 1. The van der Waals surface area contributed by atoms with Crippen LogP contribution in [0.2, 0.25) is 0 Å². The van der Waals surface area contributed by atoms with Gasteiger partial charge in [-0.3, -0.25) is 0 Å². The summed E-state index contributed by atoms with van der Waals surface area (Å²) in [5, 5.41) is 9.51. The minimum Gasteiger partial charge on any atom is -0.479 e. The summed E-state index contributed by atoms with van der Waals surface area (Å²) in [6.07, 6.45) is -3.35. The van der Waals surface area contributed by atoms with Crippen LogP contribution in [-0.2, 0) is 11.0 Å². The Kier molecular flexibility index (Phi) is 4.24. The first-order valence-electron chi connectivity index (χ1n) is 6.60. The molecule has 0 amide bonds. The quantitative estimate of drug-likeness (QED) is 0.867. The number of anilines is 1. The molecule has 0 spiro atoms. The zero-order valence-corrected chi connectivity index (χ0v) is 13.0. The molecule has 1 saturated heterocycles. The number of hydrogen-bond donors (Lipinski definition) is 1. The van der Waals surface area contributed by atoms with Crippen molar-refractivity contribution in [1.29, 1.82) is 0 Å². The van der Waals surface area contributed by atoms with E-state index in [1.807, 2.05) is 0 Å². The van der Waals surface area contributed by atoms with Crippen molar-refractivity contribution in [2.24, 2.45) is 0 Å². The Hall–Kier alpha value is -1.24. The fraction of sp³-hybridized carbons (Fsp3) is 0.500. The third-order valence-corrected chi connectivity index (χ3v) is 4.52. The van der Waals surface area contributed by atoms with Gasteiger partial charge in [0.25, 0.3) is 0 Å². The summed E-state index contributed by atoms with van der Waals surface area (Å²) in [5.41, 5.74) is -2.13. The summed E-state index contributed by atoms with van der Waals surface area (Å²) < 4.78 is 40.0. The molecule has 0 bridgehead atoms. The number of carbonyl (C=O) groups is 1. The molecule has 116 valence electrons. The van der Waals surface area contributed by atoms with Crippen molar-refractivity contribution in [3.05, 3.63) is 28.2 Å². The zero-order valence-electron chi connectivity index (χ0n) is 11.4. The first-order chi connectivity index (χ1) is 9.72. The van der Waals surface area contributed by atoms with Crippen molar-refractivity contribution in [1.82, 2.24) is 0 Å². The molecule has 7 heteroatoms. The first-order valence-corrected chi connectivity index (χ1v) is 7.39. The van der Waals surface area contributed by atoms with Crippen LogP contribution in [0.3, 0.4) is 0 Å². The van der Waals surface area contributed by atoms with Crippen LogP contribution in [-0.4, -0.2) is 23.2 Å². The molecule has 0 aromatic heterocycles. The highest BCUT2D eigenvalue weighted by Gasteiger charge is 2.48. The molecule has 21 heavy (non-hydrogen) atoms. The lowest BCUT2D eigenvalue weighted by molar-refractivity contribution is -0.144. The summed E-state index contributed by atoms with van der Waals surface area (Å²) in [6, 6.07) is 3.84. The molecule has 1 heterocycles. The third kappa shape index (κ3) is 2.75. The van der Waals surface area contributed by atoms with Gasteiger partial charge in [-0.05, 0) is 37.5 Å². The minimum atomic E-state index is -4.53. The van der Waals surface area contributed by atoms with E-state index in [0.29, 0.717) is 23.9 Å². The lowest BCUT2D eigenvalue weighted by atomic mass is 9.92. The van der Waals surface area contributed by atoms with Gasteiger partial charge < -0.3 is 10.0 Å². The highest BCUT2D eigenvalue weighted by molar-refractivity contribution is 9.10. The maximum atomic E-state index is 13.2. The molecule has 1 aromatic carbocycles. The minimum absolute atomic E-state index is 0.0625. The van der Waals surface area contributed by atoms with E-state index in [0.717, 1.165) is 6.07 Å². The standard InChI is InChI=1S/C14H15BrF3NO2/c1-2-13(12(20)21)6-3-7-19(13)11-5-4-9(15)8-10(11)14(16,17)18/h4-5,8H,2-3,6-7H2,1H3,(H,20,21). The molecule has 1 aromatic rings. The third-order valence-electron chi connectivity index (χ3n) is 4.03. The molecule has 1 unspecified atom stereocenters. The van der Waals surface area contributed by atoms with E-state index >= 15 is 0 Å². The topological polar surface area (TPSA) is 40.5 Å². The molecule has 1 N–H and O–H groups in total. The second kappa shape index (κ2) is 5.51. The summed E-state index contributed by atoms with van der Waals surface area (Å²) >= 11 is 3.04. The Bertz CT molecular complexity index is 562. The van der Waals surface area contributed by atoms with E-state index < -0.39 is 23.2 Å². The maximum Gasteiger partial charge on any atom is 0.418 e. The van der Waals surface area contributed by atoms with Gasteiger partial charge in [-0.1, -0.05) is 22.9 Å². The van der Waals surface area contributed by atoms with E-state index in [4.69, 9.17) is 0 Å². The number of hydrogen-bond acceptors (Lipinski definition) is 2. The monoisotopic (exact) mass is 365 g/mol. The Labute approximate surface area is 128 Å². The van der Waals surface area contributed by atoms with Crippen molar-refractivity contribution in [2.75, 3.05) is 11.4 Å². The van der Waals surface area contributed by atoms with E-state index in [1.54, 1.807) is 6.92 Å². The van der Waals surface area contributed by atoms with Crippen molar-refractivity contribution in [3.8, 4) is 0 Å². The van der Waals surface area contributed by atoms with E-state index in [-0.39, 0.29) is 12.1 Å². The van der Waals surface area contributed by atoms with Crippen LogP contribution in [0.25, 0.3) is 0 Å². The van der Waals surface area contributed by atoms with Crippen LogP contribution in [0.5, 0.6) is 0 Å². The number of carboxylic acid groups (broad SMARTS) is 1. The summed E-state index contributed by atoms with van der Waals surface area (Å²) in [5.74, 6) is -1.07. The molecule has 1 atom stereocenters. The van der Waals surface area contributed by atoms with Gasteiger partial charge in [-0.2, -0.15) is 13.2 Å². The molecule has 0 aliphatic carbocycles. The number of halogens is 4. The number of benzene rings is 1. The van der Waals surface area contributed by atoms with Gasteiger partial charge in [-0.25, -0.2) is 4.79 Å². The molecule has 1 fully saturated rings. The van der Waals surface area contributed by atoms with Crippen molar-refractivity contribution in [2.45, 2.75) is 37.9 Å². The van der Waals surface area contributed by atoms with Crippen molar-refractivity contribution >= 4 is 27.6 Å². The molecule has 3 nitrogen and oxygen atoms in total. The summed E-state index contributed by atoms with van der Waals surface area (Å²) in [7, 11) is 0. The second-order valence-electron chi connectivity index (χ2n) is 5.10.